The maximum absolute atomic E-state index is 11.7. The Morgan fingerprint density at radius 3 is 2.81 bits per heavy atom. The van der Waals surface area contributed by atoms with Crippen LogP contribution in [0.2, 0.25) is 0 Å². The van der Waals surface area contributed by atoms with Crippen molar-refractivity contribution in [3.8, 4) is 0 Å². The third-order valence-electron chi connectivity index (χ3n) is 3.38. The highest BCUT2D eigenvalue weighted by Crippen LogP contribution is 2.25. The Balaban J connectivity index is 2.43. The van der Waals surface area contributed by atoms with Gasteiger partial charge < -0.3 is 10.1 Å². The molecule has 4 nitrogen and oxygen atoms in total. The zero-order valence-corrected chi connectivity index (χ0v) is 10.8. The van der Waals surface area contributed by atoms with E-state index >= 15 is 0 Å². The first kappa shape index (κ1) is 13.5. The van der Waals surface area contributed by atoms with Gasteiger partial charge in [0.1, 0.15) is 0 Å². The Labute approximate surface area is 98.1 Å². The Morgan fingerprint density at radius 1 is 1.62 bits per heavy atom. The topological polar surface area (TPSA) is 50.4 Å². The van der Waals surface area contributed by atoms with Gasteiger partial charge in [0.05, 0.1) is 12.1 Å². The molecule has 0 radical (unpaired) electrons. The van der Waals surface area contributed by atoms with Crippen molar-refractivity contribution in [3.05, 3.63) is 0 Å². The van der Waals surface area contributed by atoms with Gasteiger partial charge in [-0.05, 0) is 33.6 Å². The summed E-state index contributed by atoms with van der Waals surface area (Å²) in [5.41, 5.74) is -0.0804. The van der Waals surface area contributed by atoms with E-state index in [2.05, 4.69) is 24.5 Å². The van der Waals surface area contributed by atoms with E-state index in [9.17, 15) is 4.79 Å². The van der Waals surface area contributed by atoms with Gasteiger partial charge in [-0.1, -0.05) is 6.92 Å². The van der Waals surface area contributed by atoms with E-state index in [4.69, 9.17) is 4.74 Å². The summed E-state index contributed by atoms with van der Waals surface area (Å²) in [4.78, 5) is 11.7. The molecular weight excluding hydrogens is 204 g/mol. The fourth-order valence-corrected chi connectivity index (χ4v) is 1.99. The van der Waals surface area contributed by atoms with Crippen LogP contribution in [0, 0.1) is 0 Å². The zero-order valence-electron chi connectivity index (χ0n) is 10.8. The molecule has 0 spiro atoms. The molecule has 16 heavy (non-hydrogen) atoms. The van der Waals surface area contributed by atoms with Gasteiger partial charge in [0.25, 0.3) is 0 Å². The third-order valence-corrected chi connectivity index (χ3v) is 3.38. The normalized spacial score (nSPS) is 31.4. The smallest absolute Gasteiger partial charge is 0.236 e. The average Bonchev–Trinajstić information content (AvgIpc) is 2.55. The van der Waals surface area contributed by atoms with Crippen LogP contribution in [0.3, 0.4) is 0 Å². The molecule has 1 aliphatic rings. The molecule has 4 heteroatoms. The van der Waals surface area contributed by atoms with Crippen LogP contribution in [0.25, 0.3) is 0 Å². The summed E-state index contributed by atoms with van der Waals surface area (Å²) in [5.74, 6) is 0.0715. The van der Waals surface area contributed by atoms with Gasteiger partial charge in [0.2, 0.25) is 5.91 Å². The van der Waals surface area contributed by atoms with Crippen LogP contribution in [-0.2, 0) is 9.53 Å². The highest BCUT2D eigenvalue weighted by atomic mass is 16.5. The molecule has 1 rings (SSSR count). The van der Waals surface area contributed by atoms with Gasteiger partial charge in [0.15, 0.2) is 0 Å². The van der Waals surface area contributed by atoms with Crippen LogP contribution in [0.4, 0.5) is 0 Å². The van der Waals surface area contributed by atoms with Gasteiger partial charge in [-0.3, -0.25) is 10.1 Å². The minimum Gasteiger partial charge on any atom is -0.377 e. The van der Waals surface area contributed by atoms with Crippen LogP contribution >= 0.6 is 0 Å². The van der Waals surface area contributed by atoms with E-state index in [1.54, 1.807) is 0 Å². The predicted molar refractivity (Wildman–Crippen MR) is 64.3 cm³/mol. The van der Waals surface area contributed by atoms with Crippen LogP contribution in [-0.4, -0.2) is 36.7 Å². The molecule has 2 N–H and O–H groups in total. The van der Waals surface area contributed by atoms with Crippen LogP contribution < -0.4 is 10.6 Å². The minimum atomic E-state index is -0.166. The Morgan fingerprint density at radius 2 is 2.31 bits per heavy atom. The maximum Gasteiger partial charge on any atom is 0.236 e. The molecule has 1 amide bonds. The number of carbonyl (C=O) groups excluding carboxylic acids is 1. The molecule has 0 bridgehead atoms. The summed E-state index contributed by atoms with van der Waals surface area (Å²) in [7, 11) is 0. The molecule has 0 aliphatic carbocycles. The van der Waals surface area contributed by atoms with E-state index in [1.807, 2.05) is 13.8 Å². The summed E-state index contributed by atoms with van der Waals surface area (Å²) < 4.78 is 5.54. The second-order valence-electron chi connectivity index (χ2n) is 4.84. The van der Waals surface area contributed by atoms with Gasteiger partial charge in [-0.15, -0.1) is 0 Å². The lowest BCUT2D eigenvalue weighted by Crippen LogP contribution is -2.56. The number of amides is 1. The van der Waals surface area contributed by atoms with E-state index < -0.39 is 0 Å². The lowest BCUT2D eigenvalue weighted by Gasteiger charge is -2.32. The summed E-state index contributed by atoms with van der Waals surface area (Å²) in [6, 6.07) is -0.166. The van der Waals surface area contributed by atoms with Crippen molar-refractivity contribution in [2.75, 3.05) is 13.2 Å². The molecule has 1 fully saturated rings. The molecule has 3 atom stereocenters. The zero-order chi connectivity index (χ0) is 12.2. The van der Waals surface area contributed by atoms with Gasteiger partial charge in [-0.2, -0.15) is 0 Å². The van der Waals surface area contributed by atoms with E-state index in [0.29, 0.717) is 0 Å². The Hall–Kier alpha value is -0.610. The first-order chi connectivity index (χ1) is 7.49. The van der Waals surface area contributed by atoms with E-state index in [1.165, 1.54) is 0 Å². The van der Waals surface area contributed by atoms with Gasteiger partial charge in [0, 0.05) is 18.7 Å². The number of rotatable bonds is 5. The first-order valence-electron chi connectivity index (χ1n) is 6.16. The molecule has 0 saturated carbocycles. The Kier molecular flexibility index (Phi) is 4.74. The molecule has 0 aromatic heterocycles. The highest BCUT2D eigenvalue weighted by Gasteiger charge is 2.38. The lowest BCUT2D eigenvalue weighted by molar-refractivity contribution is -0.123. The molecule has 1 heterocycles. The van der Waals surface area contributed by atoms with E-state index in [-0.39, 0.29) is 23.6 Å². The summed E-state index contributed by atoms with van der Waals surface area (Å²) in [5, 5.41) is 6.27. The average molecular weight is 228 g/mol. The highest BCUT2D eigenvalue weighted by molar-refractivity contribution is 5.81. The minimum absolute atomic E-state index is 0.0715. The van der Waals surface area contributed by atoms with Crippen molar-refractivity contribution in [1.82, 2.24) is 10.6 Å². The fraction of sp³-hybridized carbons (Fsp3) is 0.917. The second-order valence-corrected chi connectivity index (χ2v) is 4.84. The number of nitrogens with one attached hydrogen (secondary N) is 2. The quantitative estimate of drug-likeness (QED) is 0.739. The number of hydrogen-bond acceptors (Lipinski definition) is 3. The van der Waals surface area contributed by atoms with Gasteiger partial charge in [-0.25, -0.2) is 0 Å². The van der Waals surface area contributed by atoms with Crippen LogP contribution in [0.1, 0.15) is 40.5 Å². The molecule has 0 aromatic carbocycles. The van der Waals surface area contributed by atoms with Crippen molar-refractivity contribution in [3.63, 3.8) is 0 Å². The maximum atomic E-state index is 11.7. The summed E-state index contributed by atoms with van der Waals surface area (Å²) in [6.07, 6.45) is 2.09. The van der Waals surface area contributed by atoms with Crippen molar-refractivity contribution in [2.45, 2.75) is 58.2 Å². The SMILES string of the molecule is CCCNC(=O)C(C)NC1(C)CCOC1C. The molecule has 0 aromatic rings. The third kappa shape index (κ3) is 3.19. The van der Waals surface area contributed by atoms with Crippen LogP contribution in [0.5, 0.6) is 0 Å². The molecular formula is C12H24N2O2. The molecule has 1 aliphatic heterocycles. The predicted octanol–water partition coefficient (Wildman–Crippen LogP) is 1.06. The van der Waals surface area contributed by atoms with Crippen molar-refractivity contribution < 1.29 is 9.53 Å². The lowest BCUT2D eigenvalue weighted by atomic mass is 9.93. The number of hydrogen-bond donors (Lipinski definition) is 2. The monoisotopic (exact) mass is 228 g/mol. The van der Waals surface area contributed by atoms with Crippen molar-refractivity contribution in [1.29, 1.82) is 0 Å². The number of carbonyl (C=O) groups is 1. The number of ether oxygens (including phenoxy) is 1. The Bertz CT molecular complexity index is 245. The molecule has 1 saturated heterocycles. The van der Waals surface area contributed by atoms with E-state index in [0.717, 1.165) is 26.0 Å². The van der Waals surface area contributed by atoms with Crippen molar-refractivity contribution >= 4 is 5.91 Å². The fourth-order valence-electron chi connectivity index (χ4n) is 1.99. The largest absolute Gasteiger partial charge is 0.377 e. The van der Waals surface area contributed by atoms with Gasteiger partial charge >= 0.3 is 0 Å². The summed E-state index contributed by atoms with van der Waals surface area (Å²) >= 11 is 0. The van der Waals surface area contributed by atoms with Crippen LogP contribution in [0.15, 0.2) is 0 Å². The standard InChI is InChI=1S/C12H24N2O2/c1-5-7-13-11(15)9(2)14-12(4)6-8-16-10(12)3/h9-10,14H,5-8H2,1-4H3,(H,13,15). The molecule has 3 unspecified atom stereocenters. The first-order valence-corrected chi connectivity index (χ1v) is 6.16. The van der Waals surface area contributed by atoms with Crippen molar-refractivity contribution in [2.24, 2.45) is 0 Å². The molecule has 94 valence electrons. The summed E-state index contributed by atoms with van der Waals surface area (Å²) in [6.45, 7) is 9.64. The second kappa shape index (κ2) is 5.64.